The summed E-state index contributed by atoms with van der Waals surface area (Å²) in [6.07, 6.45) is 3.75. The third-order valence-electron chi connectivity index (χ3n) is 3.79. The van der Waals surface area contributed by atoms with Gasteiger partial charge in [-0.25, -0.2) is 0 Å². The minimum Gasteiger partial charge on any atom is -0.455 e. The van der Waals surface area contributed by atoms with Crippen LogP contribution in [0.2, 0.25) is 0 Å². The van der Waals surface area contributed by atoms with Gasteiger partial charge in [-0.2, -0.15) is 0 Å². The summed E-state index contributed by atoms with van der Waals surface area (Å²) in [5.74, 6) is 1.45. The van der Waals surface area contributed by atoms with Gasteiger partial charge in [-0.15, -0.1) is 0 Å². The van der Waals surface area contributed by atoms with E-state index in [2.05, 4.69) is 6.92 Å². The fourth-order valence-electron chi connectivity index (χ4n) is 2.35. The van der Waals surface area contributed by atoms with Crippen LogP contribution in [0.3, 0.4) is 0 Å². The van der Waals surface area contributed by atoms with Crippen molar-refractivity contribution in [3.8, 4) is 11.5 Å². The average Bonchev–Trinajstić information content (AvgIpc) is 2.63. The van der Waals surface area contributed by atoms with Crippen LogP contribution in [-0.4, -0.2) is 16.5 Å². The number of unbranched alkanes of at least 4 members (excludes halogenated alkanes) is 2. The topological polar surface area (TPSA) is 58.9 Å². The van der Waals surface area contributed by atoms with E-state index in [9.17, 15) is 0 Å². The monoisotopic (exact) mass is 330 g/mol. The van der Waals surface area contributed by atoms with E-state index in [1.165, 1.54) is 0 Å². The number of hydrogen-bond donors (Lipinski definition) is 2. The van der Waals surface area contributed by atoms with Crippen molar-refractivity contribution in [2.24, 2.45) is 0 Å². The third-order valence-corrected chi connectivity index (χ3v) is 3.79. The van der Waals surface area contributed by atoms with Crippen LogP contribution < -0.4 is 9.47 Å². The molecule has 0 bridgehead atoms. The highest BCUT2D eigenvalue weighted by molar-refractivity contribution is 5.28. The maximum Gasteiger partial charge on any atom is 0.241 e. The molecule has 2 aromatic rings. The van der Waals surface area contributed by atoms with Gasteiger partial charge in [0.1, 0.15) is 11.5 Å². The van der Waals surface area contributed by atoms with Gasteiger partial charge in [0.2, 0.25) is 6.29 Å². The van der Waals surface area contributed by atoms with Crippen LogP contribution in [0, 0.1) is 0 Å². The molecule has 4 nitrogen and oxygen atoms in total. The molecule has 0 radical (unpaired) electrons. The highest BCUT2D eigenvalue weighted by Crippen LogP contribution is 2.21. The van der Waals surface area contributed by atoms with Gasteiger partial charge in [-0.1, -0.05) is 44.0 Å². The molecule has 0 aliphatic heterocycles. The lowest BCUT2D eigenvalue weighted by molar-refractivity contribution is -0.00241. The summed E-state index contributed by atoms with van der Waals surface area (Å²) < 4.78 is 11.9. The smallest absolute Gasteiger partial charge is 0.241 e. The SMILES string of the molecule is CCCCCC(Oc1ccc(CO)cc1)Oc1ccc(CO)cc1. The van der Waals surface area contributed by atoms with Gasteiger partial charge in [-0.3, -0.25) is 0 Å². The normalized spacial score (nSPS) is 10.8. The molecule has 0 aliphatic rings. The molecule has 0 fully saturated rings. The minimum absolute atomic E-state index is 0.0217. The Hall–Kier alpha value is -2.04. The fourth-order valence-corrected chi connectivity index (χ4v) is 2.35. The first kappa shape index (κ1) is 18.3. The Labute approximate surface area is 143 Å². The number of aliphatic hydroxyl groups excluding tert-OH is 2. The first-order chi connectivity index (χ1) is 11.7. The van der Waals surface area contributed by atoms with Crippen LogP contribution in [0.15, 0.2) is 48.5 Å². The van der Waals surface area contributed by atoms with Crippen molar-refractivity contribution in [1.29, 1.82) is 0 Å². The van der Waals surface area contributed by atoms with Crippen LogP contribution in [0.1, 0.15) is 43.7 Å². The maximum atomic E-state index is 9.11. The molecule has 0 saturated carbocycles. The van der Waals surface area contributed by atoms with E-state index in [4.69, 9.17) is 19.7 Å². The maximum absolute atomic E-state index is 9.11. The molecule has 0 aliphatic carbocycles. The molecular formula is C20H26O4. The highest BCUT2D eigenvalue weighted by Gasteiger charge is 2.12. The molecular weight excluding hydrogens is 304 g/mol. The highest BCUT2D eigenvalue weighted by atomic mass is 16.7. The molecule has 24 heavy (non-hydrogen) atoms. The number of hydrogen-bond acceptors (Lipinski definition) is 4. The van der Waals surface area contributed by atoms with Crippen LogP contribution in [0.4, 0.5) is 0 Å². The summed E-state index contributed by atoms with van der Waals surface area (Å²) in [5.41, 5.74) is 1.70. The van der Waals surface area contributed by atoms with Crippen LogP contribution in [0.25, 0.3) is 0 Å². The van der Waals surface area contributed by atoms with Crippen molar-refractivity contribution >= 4 is 0 Å². The number of aliphatic hydroxyl groups is 2. The van der Waals surface area contributed by atoms with Crippen LogP contribution in [0.5, 0.6) is 11.5 Å². The van der Waals surface area contributed by atoms with E-state index in [1.807, 2.05) is 48.5 Å². The molecule has 0 aromatic heterocycles. The Kier molecular flexibility index (Phi) is 7.59. The van der Waals surface area contributed by atoms with Crippen molar-refractivity contribution in [2.75, 3.05) is 0 Å². The molecule has 0 spiro atoms. The molecule has 0 heterocycles. The zero-order valence-electron chi connectivity index (χ0n) is 14.1. The first-order valence-corrected chi connectivity index (χ1v) is 8.48. The van der Waals surface area contributed by atoms with Gasteiger partial charge in [0.25, 0.3) is 0 Å². The summed E-state index contributed by atoms with van der Waals surface area (Å²) in [6.45, 7) is 2.21. The predicted octanol–water partition coefficient (Wildman–Crippen LogP) is 4.04. The van der Waals surface area contributed by atoms with E-state index < -0.39 is 0 Å². The largest absolute Gasteiger partial charge is 0.455 e. The second kappa shape index (κ2) is 9.96. The molecule has 0 saturated heterocycles. The second-order valence-electron chi connectivity index (χ2n) is 5.77. The summed E-state index contributed by atoms with van der Waals surface area (Å²) in [6, 6.07) is 14.7. The van der Waals surface area contributed by atoms with Crippen LogP contribution >= 0.6 is 0 Å². The summed E-state index contributed by atoms with van der Waals surface area (Å²) in [7, 11) is 0. The van der Waals surface area contributed by atoms with Crippen molar-refractivity contribution in [1.82, 2.24) is 0 Å². The van der Waals surface area contributed by atoms with Gasteiger partial charge in [-0.05, 0) is 41.8 Å². The van der Waals surface area contributed by atoms with Gasteiger partial charge >= 0.3 is 0 Å². The van der Waals surface area contributed by atoms with Crippen molar-refractivity contribution in [2.45, 2.75) is 52.1 Å². The Morgan fingerprint density at radius 1 is 0.750 bits per heavy atom. The zero-order chi connectivity index (χ0) is 17.2. The van der Waals surface area contributed by atoms with Crippen molar-refractivity contribution < 1.29 is 19.7 Å². The predicted molar refractivity (Wildman–Crippen MR) is 93.9 cm³/mol. The lowest BCUT2D eigenvalue weighted by Crippen LogP contribution is -2.24. The van der Waals surface area contributed by atoms with Crippen LogP contribution in [-0.2, 0) is 13.2 Å². The molecule has 4 heteroatoms. The van der Waals surface area contributed by atoms with Crippen molar-refractivity contribution in [3.05, 3.63) is 59.7 Å². The van der Waals surface area contributed by atoms with E-state index in [-0.39, 0.29) is 19.5 Å². The molecule has 2 aromatic carbocycles. The minimum atomic E-state index is -0.364. The summed E-state index contributed by atoms with van der Waals surface area (Å²) in [4.78, 5) is 0. The first-order valence-electron chi connectivity index (χ1n) is 8.48. The van der Waals surface area contributed by atoms with E-state index in [0.29, 0.717) is 0 Å². The lowest BCUT2D eigenvalue weighted by Gasteiger charge is -2.21. The van der Waals surface area contributed by atoms with E-state index in [1.54, 1.807) is 0 Å². The summed E-state index contributed by atoms with van der Waals surface area (Å²) >= 11 is 0. The summed E-state index contributed by atoms with van der Waals surface area (Å²) in [5, 5.41) is 18.2. The van der Waals surface area contributed by atoms with Gasteiger partial charge < -0.3 is 19.7 Å². The molecule has 0 unspecified atom stereocenters. The molecule has 0 atom stereocenters. The Morgan fingerprint density at radius 3 is 1.58 bits per heavy atom. The standard InChI is InChI=1S/C20H26O4/c1-2-3-4-5-20(23-18-10-6-16(14-21)7-11-18)24-19-12-8-17(15-22)9-13-19/h6-13,20-22H,2-5,14-15H2,1H3. The molecule has 0 amide bonds. The van der Waals surface area contributed by atoms with Gasteiger partial charge in [0, 0.05) is 6.42 Å². The zero-order valence-corrected chi connectivity index (χ0v) is 14.1. The second-order valence-corrected chi connectivity index (χ2v) is 5.77. The number of rotatable bonds is 10. The average molecular weight is 330 g/mol. The third kappa shape index (κ3) is 5.87. The Balaban J connectivity index is 2.01. The Bertz CT molecular complexity index is 528. The molecule has 2 N–H and O–H groups in total. The van der Waals surface area contributed by atoms with E-state index in [0.717, 1.165) is 48.3 Å². The van der Waals surface area contributed by atoms with Gasteiger partial charge in [0.05, 0.1) is 13.2 Å². The number of benzene rings is 2. The number of ether oxygens (including phenoxy) is 2. The quantitative estimate of drug-likeness (QED) is 0.510. The fraction of sp³-hybridized carbons (Fsp3) is 0.400. The molecule has 130 valence electrons. The lowest BCUT2D eigenvalue weighted by atomic mass is 10.2. The molecule has 2 rings (SSSR count). The van der Waals surface area contributed by atoms with Gasteiger partial charge in [0.15, 0.2) is 0 Å². The van der Waals surface area contributed by atoms with Crippen molar-refractivity contribution in [3.63, 3.8) is 0 Å². The Morgan fingerprint density at radius 2 is 1.21 bits per heavy atom. The van der Waals surface area contributed by atoms with E-state index >= 15 is 0 Å².